The lowest BCUT2D eigenvalue weighted by molar-refractivity contribution is -0.577. The van der Waals surface area contributed by atoms with Crippen LogP contribution in [0.3, 0.4) is 0 Å². The SMILES string of the molecule is O[C@H]1Cc2ccccc2[C@H]1[N+]1=Cc2ccccc2CC1.c1ccc([B-](c2ccccc2)(c2ccccc2)c2ccccc2)cc1. The second-order valence-corrected chi connectivity index (χ2v) is 12.2. The van der Waals surface area contributed by atoms with Gasteiger partial charge in [0, 0.05) is 24.0 Å². The van der Waals surface area contributed by atoms with Gasteiger partial charge in [0.1, 0.15) is 18.8 Å². The second-order valence-electron chi connectivity index (χ2n) is 12.2. The summed E-state index contributed by atoms with van der Waals surface area (Å²) < 4.78 is 2.32. The Morgan fingerprint density at radius 3 is 1.42 bits per heavy atom. The van der Waals surface area contributed by atoms with Crippen LogP contribution < -0.4 is 21.9 Å². The van der Waals surface area contributed by atoms with Crippen LogP contribution in [-0.2, 0) is 12.8 Å². The Bertz CT molecular complexity index is 1720. The Kier molecular flexibility index (Phi) is 8.27. The molecule has 0 saturated carbocycles. The summed E-state index contributed by atoms with van der Waals surface area (Å²) in [5, 5.41) is 10.4. The van der Waals surface area contributed by atoms with Crippen LogP contribution in [0.2, 0.25) is 0 Å². The van der Waals surface area contributed by atoms with E-state index in [4.69, 9.17) is 0 Å². The maximum atomic E-state index is 10.4. The Labute approximate surface area is 266 Å². The highest BCUT2D eigenvalue weighted by molar-refractivity contribution is 7.19. The van der Waals surface area contributed by atoms with Crippen LogP contribution in [0, 0.1) is 0 Å². The van der Waals surface area contributed by atoms with Crippen LogP contribution in [0.25, 0.3) is 0 Å². The molecule has 1 N–H and O–H groups in total. The quantitative estimate of drug-likeness (QED) is 0.213. The van der Waals surface area contributed by atoms with Gasteiger partial charge in [0.15, 0.2) is 6.21 Å². The fraction of sp³-hybridized carbons (Fsp3) is 0.119. The maximum absolute atomic E-state index is 10.4. The first-order valence-corrected chi connectivity index (χ1v) is 16.1. The average Bonchev–Trinajstić information content (AvgIpc) is 3.46. The molecule has 3 heteroatoms. The van der Waals surface area contributed by atoms with Gasteiger partial charge in [-0.05, 0) is 17.2 Å². The summed E-state index contributed by atoms with van der Waals surface area (Å²) in [6, 6.07) is 60.6. The molecule has 1 aliphatic carbocycles. The van der Waals surface area contributed by atoms with E-state index in [0.29, 0.717) is 0 Å². The van der Waals surface area contributed by atoms with Crippen molar-refractivity contribution in [3.8, 4) is 0 Å². The second kappa shape index (κ2) is 12.9. The highest BCUT2D eigenvalue weighted by Crippen LogP contribution is 2.34. The highest BCUT2D eigenvalue weighted by atomic mass is 16.3. The van der Waals surface area contributed by atoms with Crippen molar-refractivity contribution in [2.45, 2.75) is 25.0 Å². The summed E-state index contributed by atoms with van der Waals surface area (Å²) in [5.74, 6) is 0. The summed E-state index contributed by atoms with van der Waals surface area (Å²) in [4.78, 5) is 0. The van der Waals surface area contributed by atoms with Crippen molar-refractivity contribution >= 4 is 34.2 Å². The van der Waals surface area contributed by atoms with Crippen molar-refractivity contribution in [1.82, 2.24) is 0 Å². The highest BCUT2D eigenvalue weighted by Gasteiger charge is 2.39. The lowest BCUT2D eigenvalue weighted by Gasteiger charge is -2.44. The Morgan fingerprint density at radius 2 is 0.911 bits per heavy atom. The number of benzene rings is 6. The van der Waals surface area contributed by atoms with Gasteiger partial charge in [0.05, 0.1) is 0 Å². The number of nitrogens with zero attached hydrogens (tertiary/aromatic N) is 1. The summed E-state index contributed by atoms with van der Waals surface area (Å²) in [7, 11) is 0. The smallest absolute Gasteiger partial charge is 0.204 e. The molecule has 0 aromatic heterocycles. The first kappa shape index (κ1) is 28.8. The van der Waals surface area contributed by atoms with Crippen molar-refractivity contribution in [1.29, 1.82) is 0 Å². The van der Waals surface area contributed by atoms with Crippen molar-refractivity contribution in [3.63, 3.8) is 0 Å². The normalized spacial score (nSPS) is 16.9. The maximum Gasteiger partial charge on any atom is 0.204 e. The zero-order valence-electron chi connectivity index (χ0n) is 25.5. The lowest BCUT2D eigenvalue weighted by Crippen LogP contribution is -2.74. The molecule has 220 valence electrons. The van der Waals surface area contributed by atoms with Gasteiger partial charge < -0.3 is 5.11 Å². The van der Waals surface area contributed by atoms with Crippen LogP contribution in [0.4, 0.5) is 0 Å². The molecule has 0 fully saturated rings. The summed E-state index contributed by atoms with van der Waals surface area (Å²) >= 11 is 0. The number of rotatable bonds is 5. The Balaban J connectivity index is 0.000000148. The van der Waals surface area contributed by atoms with Crippen LogP contribution >= 0.6 is 0 Å². The molecule has 45 heavy (non-hydrogen) atoms. The van der Waals surface area contributed by atoms with Crippen LogP contribution in [0.1, 0.15) is 28.3 Å². The molecule has 0 bridgehead atoms. The summed E-state index contributed by atoms with van der Waals surface area (Å²) in [6.45, 7) is 0.979. The summed E-state index contributed by atoms with van der Waals surface area (Å²) in [5.41, 5.74) is 10.6. The zero-order chi connectivity index (χ0) is 30.5. The van der Waals surface area contributed by atoms with Gasteiger partial charge >= 0.3 is 0 Å². The molecule has 0 amide bonds. The largest absolute Gasteiger partial charge is 0.385 e. The monoisotopic (exact) mass is 583 g/mol. The molecule has 1 heterocycles. The third kappa shape index (κ3) is 5.56. The molecule has 0 unspecified atom stereocenters. The van der Waals surface area contributed by atoms with Crippen LogP contribution in [-0.4, -0.2) is 34.7 Å². The lowest BCUT2D eigenvalue weighted by atomic mass is 9.13. The Hall–Kier alpha value is -4.99. The van der Waals surface area contributed by atoms with E-state index < -0.39 is 6.15 Å². The molecular weight excluding hydrogens is 545 g/mol. The molecule has 2 aliphatic rings. The predicted molar refractivity (Wildman–Crippen MR) is 189 cm³/mol. The van der Waals surface area contributed by atoms with E-state index in [1.165, 1.54) is 44.1 Å². The van der Waals surface area contributed by atoms with E-state index in [9.17, 15) is 5.11 Å². The molecule has 0 saturated heterocycles. The Morgan fingerprint density at radius 1 is 0.489 bits per heavy atom. The van der Waals surface area contributed by atoms with E-state index in [0.717, 1.165) is 19.4 Å². The van der Waals surface area contributed by atoms with E-state index in [1.54, 1.807) is 0 Å². The third-order valence-electron chi connectivity index (χ3n) is 9.72. The molecule has 0 radical (unpaired) electrons. The van der Waals surface area contributed by atoms with Crippen molar-refractivity contribution in [2.24, 2.45) is 0 Å². The average molecular weight is 584 g/mol. The molecule has 1 aliphatic heterocycles. The van der Waals surface area contributed by atoms with E-state index in [2.05, 4.69) is 181 Å². The first-order valence-electron chi connectivity index (χ1n) is 16.1. The standard InChI is InChI=1S/C24H20B.C18H18NO/c1-5-13-21(14-6-1)25(22-15-7-2-8-16-22,23-17-9-3-10-18-23)24-19-11-4-12-20-24;20-17-11-14-6-3-4-8-16(14)18(17)19-10-9-13-5-1-2-7-15(13)12-19/h1-20H;1-8,12,17-18,20H,9-11H2/q-1;+1/t;17-,18+/m.0/s1. The van der Waals surface area contributed by atoms with Gasteiger partial charge in [0.2, 0.25) is 6.04 Å². The number of hydrogen-bond donors (Lipinski definition) is 1. The topological polar surface area (TPSA) is 23.2 Å². The molecule has 2 atom stereocenters. The third-order valence-corrected chi connectivity index (χ3v) is 9.72. The van der Waals surface area contributed by atoms with Gasteiger partial charge in [0.25, 0.3) is 0 Å². The van der Waals surface area contributed by atoms with Crippen molar-refractivity contribution in [2.75, 3.05) is 6.54 Å². The molecule has 6 aromatic carbocycles. The number of hydrogen-bond acceptors (Lipinski definition) is 1. The zero-order valence-corrected chi connectivity index (χ0v) is 25.5. The number of aliphatic hydroxyl groups is 1. The fourth-order valence-electron chi connectivity index (χ4n) is 7.67. The minimum Gasteiger partial charge on any atom is -0.385 e. The van der Waals surface area contributed by atoms with Gasteiger partial charge in [-0.2, -0.15) is 21.9 Å². The molecule has 0 spiro atoms. The molecular formula is C42H38BNO. The summed E-state index contributed by atoms with van der Waals surface area (Å²) in [6.07, 6.45) is 2.53. The van der Waals surface area contributed by atoms with Crippen LogP contribution in [0.5, 0.6) is 0 Å². The van der Waals surface area contributed by atoms with Gasteiger partial charge in [-0.1, -0.05) is 164 Å². The van der Waals surface area contributed by atoms with E-state index >= 15 is 0 Å². The number of fused-ring (bicyclic) bond motifs is 2. The van der Waals surface area contributed by atoms with Crippen molar-refractivity contribution in [3.05, 3.63) is 192 Å². The van der Waals surface area contributed by atoms with Crippen LogP contribution in [0.15, 0.2) is 170 Å². The van der Waals surface area contributed by atoms with E-state index in [1.807, 2.05) is 0 Å². The van der Waals surface area contributed by atoms with Crippen molar-refractivity contribution < 1.29 is 9.68 Å². The fourth-order valence-corrected chi connectivity index (χ4v) is 7.67. The molecule has 2 nitrogen and oxygen atoms in total. The molecule has 8 rings (SSSR count). The minimum atomic E-state index is -1.22. The predicted octanol–water partition coefficient (Wildman–Crippen LogP) is 5.40. The van der Waals surface area contributed by atoms with Gasteiger partial charge in [-0.3, -0.25) is 0 Å². The van der Waals surface area contributed by atoms with Gasteiger partial charge in [-0.25, -0.2) is 4.58 Å². The van der Waals surface area contributed by atoms with E-state index in [-0.39, 0.29) is 12.1 Å². The minimum absolute atomic E-state index is 0.111. The first-order chi connectivity index (χ1) is 22.2. The molecule has 6 aromatic rings. The van der Waals surface area contributed by atoms with Gasteiger partial charge in [-0.15, -0.1) is 0 Å². The number of aliphatic hydroxyl groups excluding tert-OH is 1.